The Bertz CT molecular complexity index is 895. The average molecular weight is 371 g/mol. The van der Waals surface area contributed by atoms with Gasteiger partial charge >= 0.3 is 0 Å². The molecule has 136 valence electrons. The lowest BCUT2D eigenvalue weighted by atomic mass is 10.3. The van der Waals surface area contributed by atoms with E-state index in [1.165, 1.54) is 11.8 Å². The zero-order valence-corrected chi connectivity index (χ0v) is 15.6. The highest BCUT2D eigenvalue weighted by molar-refractivity contribution is 7.99. The van der Waals surface area contributed by atoms with Gasteiger partial charge < -0.3 is 19.4 Å². The van der Waals surface area contributed by atoms with E-state index in [9.17, 15) is 4.79 Å². The number of amides is 1. The fourth-order valence-electron chi connectivity index (χ4n) is 2.59. The van der Waals surface area contributed by atoms with Gasteiger partial charge in [-0.2, -0.15) is 0 Å². The second-order valence-corrected chi connectivity index (χ2v) is 6.54. The molecule has 1 amide bonds. The van der Waals surface area contributed by atoms with E-state index in [2.05, 4.69) is 14.9 Å². The van der Waals surface area contributed by atoms with Gasteiger partial charge in [0.25, 0.3) is 0 Å². The van der Waals surface area contributed by atoms with Gasteiger partial charge in [-0.15, -0.1) is 0 Å². The Hall–Kier alpha value is -2.51. The number of carbonyl (C=O) groups excluding carboxylic acids is 1. The Balaban J connectivity index is 1.69. The minimum Gasteiger partial charge on any atom is -0.497 e. The molecule has 0 saturated carbocycles. The van der Waals surface area contributed by atoms with Crippen LogP contribution >= 0.6 is 11.8 Å². The van der Waals surface area contributed by atoms with Gasteiger partial charge in [-0.25, -0.2) is 4.98 Å². The molecule has 2 aromatic carbocycles. The number of carbonyl (C=O) groups is 1. The number of nitrogens with zero attached hydrogens (tertiary/aromatic N) is 2. The molecule has 0 fully saturated rings. The maximum atomic E-state index is 12.3. The van der Waals surface area contributed by atoms with Crippen LogP contribution in [0.15, 0.2) is 53.7 Å². The number of anilines is 1. The summed E-state index contributed by atoms with van der Waals surface area (Å²) in [7, 11) is 3.27. The molecule has 1 heterocycles. The molecule has 3 aromatic rings. The molecule has 0 radical (unpaired) electrons. The van der Waals surface area contributed by atoms with Crippen LogP contribution in [0.3, 0.4) is 0 Å². The maximum absolute atomic E-state index is 12.3. The van der Waals surface area contributed by atoms with Crippen molar-refractivity contribution < 1.29 is 14.3 Å². The molecule has 0 aliphatic carbocycles. The summed E-state index contributed by atoms with van der Waals surface area (Å²) in [5.41, 5.74) is 2.67. The molecule has 0 saturated heterocycles. The summed E-state index contributed by atoms with van der Waals surface area (Å²) in [6.07, 6.45) is 0. The van der Waals surface area contributed by atoms with Gasteiger partial charge in [-0.1, -0.05) is 30.0 Å². The number of aromatic nitrogens is 2. The van der Waals surface area contributed by atoms with Crippen molar-refractivity contribution in [1.82, 2.24) is 9.55 Å². The van der Waals surface area contributed by atoms with Crippen molar-refractivity contribution in [2.24, 2.45) is 0 Å². The molecule has 0 bridgehead atoms. The van der Waals surface area contributed by atoms with Crippen LogP contribution in [0, 0.1) is 0 Å². The quantitative estimate of drug-likeness (QED) is 0.615. The van der Waals surface area contributed by atoms with Crippen molar-refractivity contribution in [3.8, 4) is 5.75 Å². The van der Waals surface area contributed by atoms with Gasteiger partial charge in [-0.3, -0.25) is 4.79 Å². The SMILES string of the molecule is COCCn1c(SCC(=O)Nc2cccc(OC)c2)nc2ccccc21. The molecule has 1 aromatic heterocycles. The Morgan fingerprint density at radius 3 is 2.85 bits per heavy atom. The van der Waals surface area contributed by atoms with E-state index in [1.807, 2.05) is 42.5 Å². The first-order chi connectivity index (χ1) is 12.7. The number of nitrogens with one attached hydrogen (secondary N) is 1. The zero-order valence-electron chi connectivity index (χ0n) is 14.8. The third kappa shape index (κ3) is 4.36. The second kappa shape index (κ2) is 8.73. The third-order valence-corrected chi connectivity index (χ3v) is 4.80. The predicted octanol–water partition coefficient (Wildman–Crippen LogP) is 3.42. The van der Waals surface area contributed by atoms with Crippen molar-refractivity contribution in [3.63, 3.8) is 0 Å². The standard InChI is InChI=1S/C19H21N3O3S/c1-24-11-10-22-17-9-4-3-8-16(17)21-19(22)26-13-18(23)20-14-6-5-7-15(12-14)25-2/h3-9,12H,10-11,13H2,1-2H3,(H,20,23). The van der Waals surface area contributed by atoms with Crippen LogP contribution < -0.4 is 10.1 Å². The minimum atomic E-state index is -0.0893. The number of para-hydroxylation sites is 2. The van der Waals surface area contributed by atoms with Gasteiger partial charge in [-0.05, 0) is 24.3 Å². The second-order valence-electron chi connectivity index (χ2n) is 5.60. The maximum Gasteiger partial charge on any atom is 0.234 e. The summed E-state index contributed by atoms with van der Waals surface area (Å²) in [6, 6.07) is 15.2. The minimum absolute atomic E-state index is 0.0893. The summed E-state index contributed by atoms with van der Waals surface area (Å²) in [5.74, 6) is 0.887. The van der Waals surface area contributed by atoms with Gasteiger partial charge in [0, 0.05) is 25.4 Å². The summed E-state index contributed by atoms with van der Waals surface area (Å²) in [6.45, 7) is 1.28. The van der Waals surface area contributed by atoms with E-state index in [-0.39, 0.29) is 11.7 Å². The van der Waals surface area contributed by atoms with Crippen LogP contribution in [-0.4, -0.2) is 42.0 Å². The van der Waals surface area contributed by atoms with Gasteiger partial charge in [0.05, 0.1) is 30.5 Å². The lowest BCUT2D eigenvalue weighted by molar-refractivity contribution is -0.113. The van der Waals surface area contributed by atoms with E-state index < -0.39 is 0 Å². The van der Waals surface area contributed by atoms with Crippen LogP contribution in [0.25, 0.3) is 11.0 Å². The van der Waals surface area contributed by atoms with E-state index in [0.717, 1.165) is 16.2 Å². The van der Waals surface area contributed by atoms with Crippen LogP contribution in [0.4, 0.5) is 5.69 Å². The smallest absolute Gasteiger partial charge is 0.234 e. The Labute approximate surface area is 156 Å². The number of imidazole rings is 1. The summed E-state index contributed by atoms with van der Waals surface area (Å²) in [4.78, 5) is 16.9. The summed E-state index contributed by atoms with van der Waals surface area (Å²) >= 11 is 1.41. The number of rotatable bonds is 8. The molecule has 1 N–H and O–H groups in total. The Kier molecular flexibility index (Phi) is 6.14. The fraction of sp³-hybridized carbons (Fsp3) is 0.263. The fourth-order valence-corrected chi connectivity index (χ4v) is 3.43. The van der Waals surface area contributed by atoms with E-state index in [0.29, 0.717) is 24.6 Å². The molecule has 0 unspecified atom stereocenters. The van der Waals surface area contributed by atoms with Crippen LogP contribution in [0.2, 0.25) is 0 Å². The first-order valence-corrected chi connectivity index (χ1v) is 9.20. The topological polar surface area (TPSA) is 65.4 Å². The molecular formula is C19H21N3O3S. The largest absolute Gasteiger partial charge is 0.497 e. The number of hydrogen-bond donors (Lipinski definition) is 1. The van der Waals surface area contributed by atoms with Crippen molar-refractivity contribution in [1.29, 1.82) is 0 Å². The molecule has 7 heteroatoms. The first-order valence-electron chi connectivity index (χ1n) is 8.22. The average Bonchev–Trinajstić information content (AvgIpc) is 3.02. The third-order valence-electron chi connectivity index (χ3n) is 3.82. The number of benzene rings is 2. The number of methoxy groups -OCH3 is 2. The number of ether oxygens (including phenoxy) is 2. The van der Waals surface area contributed by atoms with Crippen LogP contribution in [-0.2, 0) is 16.1 Å². The molecule has 3 rings (SSSR count). The number of hydrogen-bond acceptors (Lipinski definition) is 5. The highest BCUT2D eigenvalue weighted by Gasteiger charge is 2.13. The Morgan fingerprint density at radius 2 is 2.04 bits per heavy atom. The van der Waals surface area contributed by atoms with Crippen LogP contribution in [0.5, 0.6) is 5.75 Å². The highest BCUT2D eigenvalue weighted by Crippen LogP contribution is 2.24. The van der Waals surface area contributed by atoms with E-state index in [4.69, 9.17) is 9.47 Å². The van der Waals surface area contributed by atoms with Crippen molar-refractivity contribution in [3.05, 3.63) is 48.5 Å². The summed E-state index contributed by atoms with van der Waals surface area (Å²) < 4.78 is 12.5. The molecule has 26 heavy (non-hydrogen) atoms. The van der Waals surface area contributed by atoms with Gasteiger partial charge in [0.1, 0.15) is 5.75 Å². The predicted molar refractivity (Wildman–Crippen MR) is 104 cm³/mol. The van der Waals surface area contributed by atoms with Crippen molar-refractivity contribution >= 4 is 34.4 Å². The normalized spacial score (nSPS) is 10.8. The number of thioether (sulfide) groups is 1. The van der Waals surface area contributed by atoms with Gasteiger partial charge in [0.15, 0.2) is 5.16 Å². The van der Waals surface area contributed by atoms with Crippen LogP contribution in [0.1, 0.15) is 0 Å². The molecular weight excluding hydrogens is 350 g/mol. The van der Waals surface area contributed by atoms with Crippen molar-refractivity contribution in [2.45, 2.75) is 11.7 Å². The van der Waals surface area contributed by atoms with E-state index >= 15 is 0 Å². The number of fused-ring (bicyclic) bond motifs is 1. The molecule has 0 aliphatic heterocycles. The lowest BCUT2D eigenvalue weighted by Gasteiger charge is -2.09. The van der Waals surface area contributed by atoms with Crippen molar-refractivity contribution in [2.75, 3.05) is 31.9 Å². The zero-order chi connectivity index (χ0) is 18.4. The van der Waals surface area contributed by atoms with E-state index in [1.54, 1.807) is 20.3 Å². The highest BCUT2D eigenvalue weighted by atomic mass is 32.2. The molecule has 0 atom stereocenters. The monoisotopic (exact) mass is 371 g/mol. The lowest BCUT2D eigenvalue weighted by Crippen LogP contribution is -2.15. The molecule has 6 nitrogen and oxygen atoms in total. The molecule has 0 spiro atoms. The Morgan fingerprint density at radius 1 is 1.19 bits per heavy atom. The first kappa shape index (κ1) is 18.3. The molecule has 0 aliphatic rings. The summed E-state index contributed by atoms with van der Waals surface area (Å²) in [5, 5.41) is 3.69. The van der Waals surface area contributed by atoms with Gasteiger partial charge in [0.2, 0.25) is 5.91 Å².